The first kappa shape index (κ1) is 33.3. The quantitative estimate of drug-likeness (QED) is 0.176. The molecule has 1 N–H and O–H groups in total. The monoisotopic (exact) mass is 705 g/mol. The molecule has 2 amide bonds. The maximum atomic E-state index is 14.5. The Hall–Kier alpha value is -4.02. The lowest BCUT2D eigenvalue weighted by molar-refractivity contribution is -0.140. The van der Waals surface area contributed by atoms with Gasteiger partial charge in [-0.05, 0) is 79.4 Å². The number of nitrogens with zero attached hydrogens (tertiary/aromatic N) is 2. The van der Waals surface area contributed by atoms with E-state index in [1.54, 1.807) is 48.5 Å². The highest BCUT2D eigenvalue weighted by Crippen LogP contribution is 2.27. The lowest BCUT2D eigenvalue weighted by Crippen LogP contribution is -2.54. The molecule has 5 rings (SSSR count). The summed E-state index contributed by atoms with van der Waals surface area (Å²) in [6, 6.07) is 27.3. The molecule has 46 heavy (non-hydrogen) atoms. The van der Waals surface area contributed by atoms with E-state index in [9.17, 15) is 22.4 Å². The lowest BCUT2D eigenvalue weighted by Gasteiger charge is -2.34. The third-order valence-corrected chi connectivity index (χ3v) is 10.6. The average Bonchev–Trinajstić information content (AvgIpc) is 3.56. The number of hydrogen-bond donors (Lipinski definition) is 1. The molecule has 4 aromatic carbocycles. The molecule has 0 aromatic heterocycles. The van der Waals surface area contributed by atoms with Gasteiger partial charge in [0.15, 0.2) is 0 Å². The van der Waals surface area contributed by atoms with Crippen LogP contribution in [-0.2, 0) is 32.6 Å². The summed E-state index contributed by atoms with van der Waals surface area (Å²) >= 11 is 3.40. The van der Waals surface area contributed by atoms with Gasteiger partial charge in [0, 0.05) is 23.5 Å². The molecule has 0 aliphatic heterocycles. The number of hydrogen-bond acceptors (Lipinski definition) is 4. The molecule has 7 nitrogen and oxygen atoms in total. The standard InChI is InChI=1S/C36H37BrFN3O4S/c1-26-11-21-33(22-12-26)46(44,45)41(32-19-15-29(37)16-20-32)25-35(42)40(24-28-13-17-30(38)18-14-28)34(23-27-7-3-2-4-8-27)36(43)39-31-9-5-6-10-31/h2-4,7-8,11-22,31,34H,5-6,9-10,23-25H2,1H3,(H,39,43). The van der Waals surface area contributed by atoms with Gasteiger partial charge in [-0.3, -0.25) is 13.9 Å². The first-order valence-corrected chi connectivity index (χ1v) is 17.6. The summed E-state index contributed by atoms with van der Waals surface area (Å²) in [5.41, 5.74) is 2.66. The molecule has 1 saturated carbocycles. The Morgan fingerprint density at radius 2 is 1.50 bits per heavy atom. The number of carbonyl (C=O) groups excluding carboxylic acids is 2. The summed E-state index contributed by atoms with van der Waals surface area (Å²) in [5.74, 6) is -1.29. The molecule has 1 unspecified atom stereocenters. The Balaban J connectivity index is 1.55. The first-order chi connectivity index (χ1) is 22.1. The van der Waals surface area contributed by atoms with E-state index < -0.39 is 34.3 Å². The molecule has 4 aromatic rings. The first-order valence-electron chi connectivity index (χ1n) is 15.3. The molecule has 0 heterocycles. The minimum Gasteiger partial charge on any atom is -0.352 e. The fraction of sp³-hybridized carbons (Fsp3) is 0.278. The third-order valence-electron chi connectivity index (χ3n) is 8.24. The molecule has 1 aliphatic rings. The van der Waals surface area contributed by atoms with Crippen LogP contribution in [0.4, 0.5) is 10.1 Å². The topological polar surface area (TPSA) is 86.8 Å². The largest absolute Gasteiger partial charge is 0.352 e. The van der Waals surface area contributed by atoms with Gasteiger partial charge >= 0.3 is 0 Å². The van der Waals surface area contributed by atoms with Crippen LogP contribution in [0.1, 0.15) is 42.4 Å². The van der Waals surface area contributed by atoms with Gasteiger partial charge in [0.2, 0.25) is 11.8 Å². The highest BCUT2D eigenvalue weighted by Gasteiger charge is 2.35. The minimum atomic E-state index is -4.19. The van der Waals surface area contributed by atoms with Crippen molar-refractivity contribution >= 4 is 43.5 Å². The maximum Gasteiger partial charge on any atom is 0.264 e. The fourth-order valence-electron chi connectivity index (χ4n) is 5.68. The van der Waals surface area contributed by atoms with Crippen LogP contribution >= 0.6 is 15.9 Å². The number of benzene rings is 4. The molecule has 0 spiro atoms. The van der Waals surface area contributed by atoms with Gasteiger partial charge in [-0.25, -0.2) is 12.8 Å². The van der Waals surface area contributed by atoms with E-state index in [2.05, 4.69) is 21.2 Å². The van der Waals surface area contributed by atoms with Crippen molar-refractivity contribution in [2.24, 2.45) is 0 Å². The number of rotatable bonds is 12. The van der Waals surface area contributed by atoms with Crippen molar-refractivity contribution in [2.75, 3.05) is 10.8 Å². The van der Waals surface area contributed by atoms with Crippen LogP contribution < -0.4 is 9.62 Å². The van der Waals surface area contributed by atoms with Crippen molar-refractivity contribution in [3.8, 4) is 0 Å². The predicted octanol–water partition coefficient (Wildman–Crippen LogP) is 6.79. The zero-order chi connectivity index (χ0) is 32.7. The Labute approximate surface area is 278 Å². The number of amides is 2. The minimum absolute atomic E-state index is 0.00901. The molecular formula is C36H37BrFN3O4S. The molecule has 0 bridgehead atoms. The van der Waals surface area contributed by atoms with Gasteiger partial charge < -0.3 is 10.2 Å². The van der Waals surface area contributed by atoms with Crippen molar-refractivity contribution in [1.29, 1.82) is 0 Å². The summed E-state index contributed by atoms with van der Waals surface area (Å²) in [5, 5.41) is 3.15. The van der Waals surface area contributed by atoms with Crippen LogP contribution in [-0.4, -0.2) is 43.8 Å². The lowest BCUT2D eigenvalue weighted by atomic mass is 10.0. The highest BCUT2D eigenvalue weighted by molar-refractivity contribution is 9.10. The van der Waals surface area contributed by atoms with E-state index in [4.69, 9.17) is 0 Å². The molecule has 240 valence electrons. The number of sulfonamides is 1. The Morgan fingerprint density at radius 3 is 2.13 bits per heavy atom. The molecule has 1 fully saturated rings. The Morgan fingerprint density at radius 1 is 0.870 bits per heavy atom. The highest BCUT2D eigenvalue weighted by atomic mass is 79.9. The van der Waals surface area contributed by atoms with E-state index in [0.29, 0.717) is 11.3 Å². The second-order valence-electron chi connectivity index (χ2n) is 11.6. The molecule has 1 aliphatic carbocycles. The summed E-state index contributed by atoms with van der Waals surface area (Å²) in [6.07, 6.45) is 3.98. The molecular weight excluding hydrogens is 669 g/mol. The van der Waals surface area contributed by atoms with Gasteiger partial charge in [0.1, 0.15) is 18.4 Å². The summed E-state index contributed by atoms with van der Waals surface area (Å²) in [7, 11) is -4.19. The van der Waals surface area contributed by atoms with Crippen molar-refractivity contribution in [1.82, 2.24) is 10.2 Å². The van der Waals surface area contributed by atoms with Crippen molar-refractivity contribution in [3.63, 3.8) is 0 Å². The van der Waals surface area contributed by atoms with Crippen molar-refractivity contribution in [2.45, 2.75) is 62.6 Å². The van der Waals surface area contributed by atoms with Gasteiger partial charge in [-0.2, -0.15) is 0 Å². The summed E-state index contributed by atoms with van der Waals surface area (Å²) in [4.78, 5) is 30.0. The van der Waals surface area contributed by atoms with Crippen molar-refractivity contribution < 1.29 is 22.4 Å². The van der Waals surface area contributed by atoms with Gasteiger partial charge in [0.05, 0.1) is 10.6 Å². The number of carbonyl (C=O) groups is 2. The third kappa shape index (κ3) is 8.41. The van der Waals surface area contributed by atoms with Crippen LogP contribution in [0.25, 0.3) is 0 Å². The fourth-order valence-corrected chi connectivity index (χ4v) is 7.36. The van der Waals surface area contributed by atoms with Crippen LogP contribution in [0.3, 0.4) is 0 Å². The van der Waals surface area contributed by atoms with Crippen LogP contribution in [0.2, 0.25) is 0 Å². The number of nitrogens with one attached hydrogen (secondary N) is 1. The van der Waals surface area contributed by atoms with E-state index >= 15 is 0 Å². The van der Waals surface area contributed by atoms with Gasteiger partial charge in [-0.15, -0.1) is 0 Å². The van der Waals surface area contributed by atoms with Gasteiger partial charge in [0.25, 0.3) is 10.0 Å². The number of anilines is 1. The normalized spacial score (nSPS) is 14.1. The number of aryl methyl sites for hydroxylation is 1. The molecule has 0 radical (unpaired) electrons. The Bertz CT molecular complexity index is 1730. The second-order valence-corrected chi connectivity index (χ2v) is 14.4. The maximum absolute atomic E-state index is 14.5. The van der Waals surface area contributed by atoms with E-state index in [-0.39, 0.29) is 29.8 Å². The second kappa shape index (κ2) is 15.0. The van der Waals surface area contributed by atoms with E-state index in [1.807, 2.05) is 37.3 Å². The van der Waals surface area contributed by atoms with Gasteiger partial charge in [-0.1, -0.05) is 88.9 Å². The number of halogens is 2. The van der Waals surface area contributed by atoms with Crippen LogP contribution in [0, 0.1) is 12.7 Å². The van der Waals surface area contributed by atoms with Crippen LogP contribution in [0.15, 0.2) is 112 Å². The molecule has 10 heteroatoms. The average molecular weight is 707 g/mol. The van der Waals surface area contributed by atoms with E-state index in [0.717, 1.165) is 45.6 Å². The summed E-state index contributed by atoms with van der Waals surface area (Å²) in [6.45, 7) is 1.29. The van der Waals surface area contributed by atoms with Crippen molar-refractivity contribution in [3.05, 3.63) is 130 Å². The Kier molecular flexibility index (Phi) is 10.9. The zero-order valence-electron chi connectivity index (χ0n) is 25.6. The SMILES string of the molecule is Cc1ccc(S(=O)(=O)N(CC(=O)N(Cc2ccc(F)cc2)C(Cc2ccccc2)C(=O)NC2CCCC2)c2ccc(Br)cc2)cc1. The van der Waals surface area contributed by atoms with Crippen LogP contribution in [0.5, 0.6) is 0 Å². The molecule has 1 atom stereocenters. The predicted molar refractivity (Wildman–Crippen MR) is 181 cm³/mol. The summed E-state index contributed by atoms with van der Waals surface area (Å²) < 4.78 is 44.0. The van der Waals surface area contributed by atoms with E-state index in [1.165, 1.54) is 29.2 Å². The molecule has 0 saturated heterocycles. The smallest absolute Gasteiger partial charge is 0.264 e. The zero-order valence-corrected chi connectivity index (χ0v) is 28.0.